The van der Waals surface area contributed by atoms with Gasteiger partial charge in [0.2, 0.25) is 0 Å². The Hall–Kier alpha value is -1.20. The predicted octanol–water partition coefficient (Wildman–Crippen LogP) is 1.06. The topological polar surface area (TPSA) is 69.4 Å². The Morgan fingerprint density at radius 1 is 1.50 bits per heavy atom. The van der Waals surface area contributed by atoms with E-state index in [2.05, 4.69) is 4.74 Å². The summed E-state index contributed by atoms with van der Waals surface area (Å²) in [6.07, 6.45) is 0. The second-order valence-electron chi connectivity index (χ2n) is 3.15. The lowest BCUT2D eigenvalue weighted by Gasteiger charge is -2.08. The first-order valence-corrected chi connectivity index (χ1v) is 6.25. The van der Waals surface area contributed by atoms with Gasteiger partial charge < -0.3 is 10.5 Å². The molecule has 0 aliphatic rings. The summed E-state index contributed by atoms with van der Waals surface area (Å²) in [5, 5.41) is 0. The van der Waals surface area contributed by atoms with E-state index in [0.29, 0.717) is 22.8 Å². The van der Waals surface area contributed by atoms with Crippen LogP contribution in [-0.2, 0) is 22.1 Å². The Morgan fingerprint density at radius 3 is 2.69 bits per heavy atom. The third-order valence-electron chi connectivity index (χ3n) is 2.22. The molecular formula is C11H15NO3S. The first-order chi connectivity index (χ1) is 7.63. The van der Waals surface area contributed by atoms with E-state index in [0.717, 1.165) is 5.56 Å². The second kappa shape index (κ2) is 5.77. The number of ether oxygens (including phenoxy) is 1. The average molecular weight is 241 g/mol. The molecule has 0 bridgehead atoms. The van der Waals surface area contributed by atoms with Crippen molar-refractivity contribution in [1.82, 2.24) is 0 Å². The standard InChI is InChI=1S/C11H15NO3S/c1-3-16(14)10-6-8(11(13)15-2)4-5-9(10)7-12/h4-6H,3,7,12H2,1-2H3. The molecule has 2 N–H and O–H groups in total. The molecule has 0 spiro atoms. The lowest BCUT2D eigenvalue weighted by atomic mass is 10.1. The van der Waals surface area contributed by atoms with E-state index in [1.54, 1.807) is 18.2 Å². The molecule has 1 aromatic carbocycles. The maximum absolute atomic E-state index is 11.8. The Bertz CT molecular complexity index is 418. The first kappa shape index (κ1) is 12.9. The normalized spacial score (nSPS) is 12.2. The Kier molecular flexibility index (Phi) is 4.64. The van der Waals surface area contributed by atoms with E-state index in [-0.39, 0.29) is 0 Å². The third-order valence-corrected chi connectivity index (χ3v) is 3.61. The number of nitrogens with two attached hydrogens (primary N) is 1. The number of carbonyl (C=O) groups excluding carboxylic acids is 1. The van der Waals surface area contributed by atoms with E-state index in [1.165, 1.54) is 7.11 Å². The highest BCUT2D eigenvalue weighted by Crippen LogP contribution is 2.17. The zero-order valence-electron chi connectivity index (χ0n) is 9.36. The number of rotatable bonds is 4. The summed E-state index contributed by atoms with van der Waals surface area (Å²) in [6, 6.07) is 4.94. The van der Waals surface area contributed by atoms with Crippen LogP contribution in [0.4, 0.5) is 0 Å². The van der Waals surface area contributed by atoms with Gasteiger partial charge in [-0.25, -0.2) is 4.79 Å². The summed E-state index contributed by atoms with van der Waals surface area (Å²) in [5.74, 6) is 0.0652. The summed E-state index contributed by atoms with van der Waals surface area (Å²) in [4.78, 5) is 11.9. The highest BCUT2D eigenvalue weighted by molar-refractivity contribution is 7.85. The highest BCUT2D eigenvalue weighted by Gasteiger charge is 2.12. The van der Waals surface area contributed by atoms with Crippen LogP contribution < -0.4 is 5.73 Å². The van der Waals surface area contributed by atoms with Crippen LogP contribution in [0.3, 0.4) is 0 Å². The molecule has 0 fully saturated rings. The predicted molar refractivity (Wildman–Crippen MR) is 62.6 cm³/mol. The van der Waals surface area contributed by atoms with E-state index in [4.69, 9.17) is 5.73 Å². The number of hydrogen-bond donors (Lipinski definition) is 1. The molecule has 88 valence electrons. The molecule has 1 unspecified atom stereocenters. The fourth-order valence-corrected chi connectivity index (χ4v) is 2.35. The molecule has 0 saturated heterocycles. The van der Waals surface area contributed by atoms with Gasteiger partial charge in [-0.15, -0.1) is 0 Å². The molecule has 0 aliphatic carbocycles. The molecule has 0 amide bonds. The lowest BCUT2D eigenvalue weighted by Crippen LogP contribution is -2.08. The van der Waals surface area contributed by atoms with Crippen molar-refractivity contribution in [3.05, 3.63) is 29.3 Å². The summed E-state index contributed by atoms with van der Waals surface area (Å²) < 4.78 is 16.4. The minimum absolute atomic E-state index is 0.308. The molecular weight excluding hydrogens is 226 g/mol. The summed E-state index contributed by atoms with van der Waals surface area (Å²) in [6.45, 7) is 2.13. The fraction of sp³-hybridized carbons (Fsp3) is 0.364. The summed E-state index contributed by atoms with van der Waals surface area (Å²) >= 11 is 0. The van der Waals surface area contributed by atoms with Crippen LogP contribution >= 0.6 is 0 Å². The maximum Gasteiger partial charge on any atom is 0.337 e. The minimum Gasteiger partial charge on any atom is -0.465 e. The molecule has 0 saturated carbocycles. The van der Waals surface area contributed by atoms with Crippen molar-refractivity contribution in [1.29, 1.82) is 0 Å². The number of methoxy groups -OCH3 is 1. The van der Waals surface area contributed by atoms with Crippen molar-refractivity contribution >= 4 is 16.8 Å². The monoisotopic (exact) mass is 241 g/mol. The van der Waals surface area contributed by atoms with Crippen LogP contribution in [0.1, 0.15) is 22.8 Å². The first-order valence-electron chi connectivity index (χ1n) is 4.93. The molecule has 0 heterocycles. The average Bonchev–Trinajstić information content (AvgIpc) is 2.35. The zero-order valence-corrected chi connectivity index (χ0v) is 10.2. The van der Waals surface area contributed by atoms with Crippen molar-refractivity contribution in [2.45, 2.75) is 18.4 Å². The van der Waals surface area contributed by atoms with Crippen LogP contribution in [0.15, 0.2) is 23.1 Å². The molecule has 1 rings (SSSR count). The largest absolute Gasteiger partial charge is 0.465 e. The van der Waals surface area contributed by atoms with E-state index in [1.807, 2.05) is 6.92 Å². The molecule has 1 aromatic rings. The highest BCUT2D eigenvalue weighted by atomic mass is 32.2. The van der Waals surface area contributed by atoms with Crippen LogP contribution in [0.25, 0.3) is 0 Å². The van der Waals surface area contributed by atoms with Gasteiger partial charge in [-0.2, -0.15) is 0 Å². The van der Waals surface area contributed by atoms with Crippen molar-refractivity contribution in [3.63, 3.8) is 0 Å². The number of carbonyl (C=O) groups is 1. The van der Waals surface area contributed by atoms with E-state index < -0.39 is 16.8 Å². The molecule has 16 heavy (non-hydrogen) atoms. The Morgan fingerprint density at radius 2 is 2.19 bits per heavy atom. The molecule has 4 nitrogen and oxygen atoms in total. The summed E-state index contributed by atoms with van der Waals surface area (Å²) in [5.41, 5.74) is 6.75. The van der Waals surface area contributed by atoms with Crippen molar-refractivity contribution in [3.8, 4) is 0 Å². The Labute approximate surface area is 97.2 Å². The van der Waals surface area contributed by atoms with Crippen LogP contribution in [0.2, 0.25) is 0 Å². The fourth-order valence-electron chi connectivity index (χ4n) is 1.34. The Balaban J connectivity index is 3.21. The smallest absolute Gasteiger partial charge is 0.337 e. The zero-order chi connectivity index (χ0) is 12.1. The second-order valence-corrected chi connectivity index (χ2v) is 4.86. The SMILES string of the molecule is CCS(=O)c1cc(C(=O)OC)ccc1CN. The van der Waals surface area contributed by atoms with Gasteiger partial charge in [0.15, 0.2) is 0 Å². The van der Waals surface area contributed by atoms with Crippen LogP contribution in [0, 0.1) is 0 Å². The van der Waals surface area contributed by atoms with Crippen molar-refractivity contribution < 1.29 is 13.7 Å². The molecule has 1 atom stereocenters. The van der Waals surface area contributed by atoms with Gasteiger partial charge in [0.05, 0.1) is 23.5 Å². The van der Waals surface area contributed by atoms with Crippen LogP contribution in [-0.4, -0.2) is 23.0 Å². The number of hydrogen-bond acceptors (Lipinski definition) is 4. The van der Waals surface area contributed by atoms with Gasteiger partial charge in [0, 0.05) is 17.2 Å². The third kappa shape index (κ3) is 2.68. The maximum atomic E-state index is 11.8. The van der Waals surface area contributed by atoms with Gasteiger partial charge in [-0.1, -0.05) is 13.0 Å². The van der Waals surface area contributed by atoms with Crippen molar-refractivity contribution in [2.24, 2.45) is 5.73 Å². The molecule has 0 aromatic heterocycles. The summed E-state index contributed by atoms with van der Waals surface area (Å²) in [7, 11) is 0.197. The molecule has 5 heteroatoms. The van der Waals surface area contributed by atoms with Crippen LogP contribution in [0.5, 0.6) is 0 Å². The number of benzene rings is 1. The van der Waals surface area contributed by atoms with Gasteiger partial charge >= 0.3 is 5.97 Å². The lowest BCUT2D eigenvalue weighted by molar-refractivity contribution is 0.0600. The molecule has 0 aliphatic heterocycles. The van der Waals surface area contributed by atoms with Gasteiger partial charge in [-0.3, -0.25) is 4.21 Å². The van der Waals surface area contributed by atoms with E-state index in [9.17, 15) is 9.00 Å². The van der Waals surface area contributed by atoms with Gasteiger partial charge in [0.25, 0.3) is 0 Å². The van der Waals surface area contributed by atoms with E-state index >= 15 is 0 Å². The quantitative estimate of drug-likeness (QED) is 0.800. The van der Waals surface area contributed by atoms with Crippen molar-refractivity contribution in [2.75, 3.05) is 12.9 Å². The minimum atomic E-state index is -1.12. The molecule has 0 radical (unpaired) electrons. The van der Waals surface area contributed by atoms with Gasteiger partial charge in [0.1, 0.15) is 0 Å². The van der Waals surface area contributed by atoms with Gasteiger partial charge in [-0.05, 0) is 17.7 Å². The number of esters is 1.